The third kappa shape index (κ3) is 1.77. The SMILES string of the molecule is c1ccc(Nc2ccc3ncsc3c2)cc1. The summed E-state index contributed by atoms with van der Waals surface area (Å²) >= 11 is 1.66. The molecule has 0 bridgehead atoms. The Morgan fingerprint density at radius 3 is 2.69 bits per heavy atom. The van der Waals surface area contributed by atoms with Gasteiger partial charge in [-0.2, -0.15) is 0 Å². The van der Waals surface area contributed by atoms with Crippen molar-refractivity contribution in [2.45, 2.75) is 0 Å². The van der Waals surface area contributed by atoms with E-state index in [1.54, 1.807) is 11.3 Å². The van der Waals surface area contributed by atoms with Crippen LogP contribution in [0.25, 0.3) is 10.2 Å². The number of para-hydroxylation sites is 1. The standard InChI is InChI=1S/C13H10N2S/c1-2-4-10(5-3-1)15-11-6-7-12-13(8-11)16-9-14-12/h1-9,15H. The highest BCUT2D eigenvalue weighted by atomic mass is 32.1. The Morgan fingerprint density at radius 2 is 1.81 bits per heavy atom. The maximum absolute atomic E-state index is 4.26. The van der Waals surface area contributed by atoms with Crippen LogP contribution in [0.2, 0.25) is 0 Å². The molecule has 2 nitrogen and oxygen atoms in total. The van der Waals surface area contributed by atoms with Gasteiger partial charge in [-0.25, -0.2) is 4.98 Å². The molecule has 3 heteroatoms. The van der Waals surface area contributed by atoms with Gasteiger partial charge in [-0.3, -0.25) is 0 Å². The summed E-state index contributed by atoms with van der Waals surface area (Å²) in [4.78, 5) is 4.26. The molecule has 0 spiro atoms. The molecular formula is C13H10N2S. The average molecular weight is 226 g/mol. The summed E-state index contributed by atoms with van der Waals surface area (Å²) in [6.07, 6.45) is 0. The molecule has 78 valence electrons. The van der Waals surface area contributed by atoms with Gasteiger partial charge in [0.15, 0.2) is 0 Å². The van der Waals surface area contributed by atoms with E-state index in [0.717, 1.165) is 16.9 Å². The van der Waals surface area contributed by atoms with Gasteiger partial charge in [0.25, 0.3) is 0 Å². The van der Waals surface area contributed by atoms with Gasteiger partial charge in [0, 0.05) is 11.4 Å². The largest absolute Gasteiger partial charge is 0.355 e. The number of aromatic nitrogens is 1. The highest BCUT2D eigenvalue weighted by Gasteiger charge is 1.98. The first kappa shape index (κ1) is 9.36. The Labute approximate surface area is 97.6 Å². The summed E-state index contributed by atoms with van der Waals surface area (Å²) < 4.78 is 1.21. The van der Waals surface area contributed by atoms with Crippen LogP contribution in [-0.2, 0) is 0 Å². The van der Waals surface area contributed by atoms with Gasteiger partial charge >= 0.3 is 0 Å². The van der Waals surface area contributed by atoms with Crippen LogP contribution in [0.15, 0.2) is 54.0 Å². The monoisotopic (exact) mass is 226 g/mol. The quantitative estimate of drug-likeness (QED) is 0.713. The molecule has 16 heavy (non-hydrogen) atoms. The van der Waals surface area contributed by atoms with E-state index in [0.29, 0.717) is 0 Å². The molecule has 0 radical (unpaired) electrons. The highest BCUT2D eigenvalue weighted by Crippen LogP contribution is 2.24. The molecule has 3 aromatic rings. The van der Waals surface area contributed by atoms with Gasteiger partial charge in [0.05, 0.1) is 15.7 Å². The van der Waals surface area contributed by atoms with Crippen molar-refractivity contribution in [3.05, 3.63) is 54.0 Å². The zero-order valence-electron chi connectivity index (χ0n) is 8.55. The Balaban J connectivity index is 1.94. The Kier molecular flexibility index (Phi) is 2.31. The number of thiazole rings is 1. The summed E-state index contributed by atoms with van der Waals surface area (Å²) in [5.41, 5.74) is 5.13. The van der Waals surface area contributed by atoms with E-state index in [1.165, 1.54) is 4.70 Å². The molecule has 0 aliphatic carbocycles. The van der Waals surface area contributed by atoms with Gasteiger partial charge < -0.3 is 5.32 Å². The van der Waals surface area contributed by atoms with Crippen LogP contribution in [-0.4, -0.2) is 4.98 Å². The number of nitrogens with zero attached hydrogens (tertiary/aromatic N) is 1. The predicted molar refractivity (Wildman–Crippen MR) is 69.3 cm³/mol. The summed E-state index contributed by atoms with van der Waals surface area (Å²) in [7, 11) is 0. The molecule has 1 N–H and O–H groups in total. The molecule has 0 amide bonds. The lowest BCUT2D eigenvalue weighted by Crippen LogP contribution is -1.88. The lowest BCUT2D eigenvalue weighted by molar-refractivity contribution is 1.49. The smallest absolute Gasteiger partial charge is 0.0813 e. The van der Waals surface area contributed by atoms with Crippen molar-refractivity contribution in [1.29, 1.82) is 0 Å². The van der Waals surface area contributed by atoms with E-state index in [-0.39, 0.29) is 0 Å². The molecule has 3 rings (SSSR count). The fourth-order valence-corrected chi connectivity index (χ4v) is 2.34. The topological polar surface area (TPSA) is 24.9 Å². The first-order valence-electron chi connectivity index (χ1n) is 5.07. The third-order valence-corrected chi connectivity index (χ3v) is 3.19. The van der Waals surface area contributed by atoms with E-state index < -0.39 is 0 Å². The fourth-order valence-electron chi connectivity index (χ4n) is 1.62. The summed E-state index contributed by atoms with van der Waals surface area (Å²) in [5, 5.41) is 3.36. The molecule has 0 saturated heterocycles. The normalized spacial score (nSPS) is 10.5. The van der Waals surface area contributed by atoms with E-state index in [1.807, 2.05) is 29.8 Å². The number of hydrogen-bond donors (Lipinski definition) is 1. The van der Waals surface area contributed by atoms with Gasteiger partial charge in [-0.15, -0.1) is 11.3 Å². The zero-order chi connectivity index (χ0) is 10.8. The van der Waals surface area contributed by atoms with Crippen LogP contribution in [0.1, 0.15) is 0 Å². The molecule has 0 unspecified atom stereocenters. The number of rotatable bonds is 2. The van der Waals surface area contributed by atoms with Gasteiger partial charge in [-0.1, -0.05) is 18.2 Å². The van der Waals surface area contributed by atoms with Crippen molar-refractivity contribution >= 4 is 32.9 Å². The van der Waals surface area contributed by atoms with Crippen LogP contribution in [0.3, 0.4) is 0 Å². The van der Waals surface area contributed by atoms with Crippen molar-refractivity contribution in [2.24, 2.45) is 0 Å². The number of nitrogens with one attached hydrogen (secondary N) is 1. The minimum atomic E-state index is 1.06. The molecular weight excluding hydrogens is 216 g/mol. The predicted octanol–water partition coefficient (Wildman–Crippen LogP) is 4.04. The molecule has 0 atom stereocenters. The van der Waals surface area contributed by atoms with Crippen molar-refractivity contribution in [3.63, 3.8) is 0 Å². The first-order chi connectivity index (χ1) is 7.92. The second kappa shape index (κ2) is 3.94. The van der Waals surface area contributed by atoms with E-state index in [4.69, 9.17) is 0 Å². The second-order valence-electron chi connectivity index (χ2n) is 3.53. The second-order valence-corrected chi connectivity index (χ2v) is 4.41. The minimum Gasteiger partial charge on any atom is -0.355 e. The van der Waals surface area contributed by atoms with Crippen molar-refractivity contribution in [2.75, 3.05) is 5.32 Å². The lowest BCUT2D eigenvalue weighted by atomic mass is 10.2. The maximum atomic E-state index is 4.26. The van der Waals surface area contributed by atoms with Gasteiger partial charge in [0.2, 0.25) is 0 Å². The van der Waals surface area contributed by atoms with E-state index in [9.17, 15) is 0 Å². The average Bonchev–Trinajstić information content (AvgIpc) is 2.77. The number of hydrogen-bond acceptors (Lipinski definition) is 3. The van der Waals surface area contributed by atoms with Gasteiger partial charge in [0.1, 0.15) is 0 Å². The molecule has 0 aliphatic heterocycles. The Morgan fingerprint density at radius 1 is 0.938 bits per heavy atom. The summed E-state index contributed by atoms with van der Waals surface area (Å²) in [5.74, 6) is 0. The van der Waals surface area contributed by atoms with E-state index in [2.05, 4.69) is 34.6 Å². The molecule has 1 aromatic heterocycles. The first-order valence-corrected chi connectivity index (χ1v) is 5.95. The van der Waals surface area contributed by atoms with Crippen LogP contribution in [0.5, 0.6) is 0 Å². The maximum Gasteiger partial charge on any atom is 0.0813 e. The number of benzene rings is 2. The zero-order valence-corrected chi connectivity index (χ0v) is 9.37. The van der Waals surface area contributed by atoms with E-state index >= 15 is 0 Å². The number of anilines is 2. The van der Waals surface area contributed by atoms with Crippen LogP contribution >= 0.6 is 11.3 Å². The van der Waals surface area contributed by atoms with Crippen LogP contribution < -0.4 is 5.32 Å². The summed E-state index contributed by atoms with van der Waals surface area (Å²) in [6.45, 7) is 0. The van der Waals surface area contributed by atoms with Crippen molar-refractivity contribution < 1.29 is 0 Å². The molecule has 0 saturated carbocycles. The van der Waals surface area contributed by atoms with Crippen LogP contribution in [0, 0.1) is 0 Å². The molecule has 1 heterocycles. The van der Waals surface area contributed by atoms with Crippen molar-refractivity contribution in [3.8, 4) is 0 Å². The third-order valence-electron chi connectivity index (χ3n) is 2.39. The lowest BCUT2D eigenvalue weighted by Gasteiger charge is -2.05. The minimum absolute atomic E-state index is 1.06. The number of fused-ring (bicyclic) bond motifs is 1. The molecule has 0 fully saturated rings. The van der Waals surface area contributed by atoms with Gasteiger partial charge in [-0.05, 0) is 30.3 Å². The molecule has 0 aliphatic rings. The molecule has 2 aromatic carbocycles. The highest BCUT2D eigenvalue weighted by molar-refractivity contribution is 7.16. The Hall–Kier alpha value is -1.87. The Bertz CT molecular complexity index is 601. The van der Waals surface area contributed by atoms with Crippen LogP contribution in [0.4, 0.5) is 11.4 Å². The summed E-state index contributed by atoms with van der Waals surface area (Å²) in [6, 6.07) is 16.4. The van der Waals surface area contributed by atoms with Crippen molar-refractivity contribution in [1.82, 2.24) is 4.98 Å². The fraction of sp³-hybridized carbons (Fsp3) is 0.